The molecule has 0 aliphatic carbocycles. The van der Waals surface area contributed by atoms with Crippen LogP contribution in [0.4, 0.5) is 4.79 Å². The molecule has 3 aromatic carbocycles. The van der Waals surface area contributed by atoms with Crippen molar-refractivity contribution in [2.24, 2.45) is 0 Å². The lowest BCUT2D eigenvalue weighted by Gasteiger charge is -2.30. The van der Waals surface area contributed by atoms with Crippen molar-refractivity contribution in [2.75, 3.05) is 13.2 Å². The number of amides is 1. The Morgan fingerprint density at radius 1 is 0.742 bits per heavy atom. The van der Waals surface area contributed by atoms with Gasteiger partial charge in [0.2, 0.25) is 0 Å². The fourth-order valence-electron chi connectivity index (χ4n) is 3.36. The molecule has 3 rings (SSSR count). The Balaban J connectivity index is 1.53. The molecule has 31 heavy (non-hydrogen) atoms. The van der Waals surface area contributed by atoms with E-state index in [2.05, 4.69) is 29.6 Å². The summed E-state index contributed by atoms with van der Waals surface area (Å²) >= 11 is 0. The van der Waals surface area contributed by atoms with Crippen LogP contribution in [-0.2, 0) is 24.2 Å². The maximum Gasteiger partial charge on any atom is 0.408 e. The number of carbonyl (C=O) groups excluding carboxylic acids is 1. The minimum Gasteiger partial charge on any atom is -0.445 e. The number of rotatable bonds is 10. The van der Waals surface area contributed by atoms with Gasteiger partial charge in [0.25, 0.3) is 0 Å². The van der Waals surface area contributed by atoms with Crippen molar-refractivity contribution in [1.29, 1.82) is 0 Å². The second-order valence-electron chi connectivity index (χ2n) is 7.76. The zero-order chi connectivity index (χ0) is 21.9. The first kappa shape index (κ1) is 22.5. The highest BCUT2D eigenvalue weighted by atomic mass is 16.5. The molecule has 0 fully saturated rings. The first-order chi connectivity index (χ1) is 15.1. The van der Waals surface area contributed by atoms with E-state index in [1.807, 2.05) is 60.7 Å². The van der Waals surface area contributed by atoms with Crippen molar-refractivity contribution in [2.45, 2.75) is 31.4 Å². The van der Waals surface area contributed by atoms with Crippen molar-refractivity contribution < 1.29 is 19.7 Å². The molecule has 162 valence electrons. The number of aliphatic hydroxyl groups excluding tert-OH is 2. The number of benzene rings is 3. The van der Waals surface area contributed by atoms with E-state index in [9.17, 15) is 15.0 Å². The van der Waals surface area contributed by atoms with Crippen LogP contribution in [0, 0.1) is 0 Å². The van der Waals surface area contributed by atoms with E-state index in [-0.39, 0.29) is 19.8 Å². The Labute approximate surface area is 183 Å². The number of carbonyl (C=O) groups is 1. The van der Waals surface area contributed by atoms with Crippen molar-refractivity contribution in [3.8, 4) is 0 Å². The molecule has 1 amide bonds. The molecular weight excluding hydrogens is 390 g/mol. The summed E-state index contributed by atoms with van der Waals surface area (Å²) in [6, 6.07) is 27.9. The summed E-state index contributed by atoms with van der Waals surface area (Å²) < 4.78 is 5.24. The van der Waals surface area contributed by atoms with Gasteiger partial charge < -0.3 is 20.3 Å². The first-order valence-electron chi connectivity index (χ1n) is 10.4. The molecule has 0 bridgehead atoms. The SMILES string of the molecule is O=C(NC(CO)(CO)CCc1ccc(Cc2ccccc2)cc1)OCc1ccccc1. The topological polar surface area (TPSA) is 78.8 Å². The second-order valence-corrected chi connectivity index (χ2v) is 7.76. The van der Waals surface area contributed by atoms with E-state index >= 15 is 0 Å². The maximum absolute atomic E-state index is 12.2. The molecule has 3 N–H and O–H groups in total. The Morgan fingerprint density at radius 2 is 1.26 bits per heavy atom. The second kappa shape index (κ2) is 11.3. The zero-order valence-electron chi connectivity index (χ0n) is 17.5. The number of aryl methyl sites for hydroxylation is 1. The van der Waals surface area contributed by atoms with Gasteiger partial charge in [-0.1, -0.05) is 84.9 Å². The van der Waals surface area contributed by atoms with Crippen LogP contribution in [0.15, 0.2) is 84.9 Å². The molecule has 5 heteroatoms. The third kappa shape index (κ3) is 6.95. The Hall–Kier alpha value is -3.15. The van der Waals surface area contributed by atoms with Crippen LogP contribution >= 0.6 is 0 Å². The molecule has 0 unspecified atom stereocenters. The fraction of sp³-hybridized carbons (Fsp3) is 0.269. The fourth-order valence-corrected chi connectivity index (χ4v) is 3.36. The van der Waals surface area contributed by atoms with Crippen molar-refractivity contribution in [1.82, 2.24) is 5.32 Å². The van der Waals surface area contributed by atoms with Gasteiger partial charge in [0.1, 0.15) is 6.61 Å². The van der Waals surface area contributed by atoms with Crippen LogP contribution in [-0.4, -0.2) is 35.1 Å². The molecule has 0 aliphatic heterocycles. The highest BCUT2D eigenvalue weighted by Crippen LogP contribution is 2.17. The normalized spacial score (nSPS) is 11.2. The standard InChI is InChI=1S/C26H29NO4/c28-19-26(20-29,27-25(30)31-18-24-9-5-2-6-10-24)16-15-21-11-13-23(14-12-21)17-22-7-3-1-4-8-22/h1-14,28-29H,15-20H2,(H,27,30). The molecule has 0 saturated heterocycles. The molecule has 3 aromatic rings. The Bertz CT molecular complexity index is 923. The minimum atomic E-state index is -1.14. The molecule has 0 radical (unpaired) electrons. The first-order valence-corrected chi connectivity index (χ1v) is 10.4. The summed E-state index contributed by atoms with van der Waals surface area (Å²) in [6.45, 7) is -0.630. The lowest BCUT2D eigenvalue weighted by Crippen LogP contribution is -2.54. The Morgan fingerprint density at radius 3 is 1.84 bits per heavy atom. The number of ether oxygens (including phenoxy) is 1. The highest BCUT2D eigenvalue weighted by Gasteiger charge is 2.31. The largest absolute Gasteiger partial charge is 0.445 e. The average Bonchev–Trinajstić information content (AvgIpc) is 2.83. The van der Waals surface area contributed by atoms with E-state index in [0.717, 1.165) is 17.5 Å². The van der Waals surface area contributed by atoms with Gasteiger partial charge >= 0.3 is 6.09 Å². The smallest absolute Gasteiger partial charge is 0.408 e. The van der Waals surface area contributed by atoms with Crippen LogP contribution in [0.5, 0.6) is 0 Å². The number of hydrogen-bond donors (Lipinski definition) is 3. The van der Waals surface area contributed by atoms with Crippen LogP contribution in [0.25, 0.3) is 0 Å². The highest BCUT2D eigenvalue weighted by molar-refractivity contribution is 5.68. The van der Waals surface area contributed by atoms with Crippen LogP contribution in [0.3, 0.4) is 0 Å². The van der Waals surface area contributed by atoms with Gasteiger partial charge in [0.15, 0.2) is 0 Å². The van der Waals surface area contributed by atoms with Gasteiger partial charge in [-0.25, -0.2) is 4.79 Å². The summed E-state index contributed by atoms with van der Waals surface area (Å²) in [5.41, 5.74) is 3.27. The van der Waals surface area contributed by atoms with Crippen LogP contribution < -0.4 is 5.32 Å². The minimum absolute atomic E-state index is 0.127. The molecule has 0 atom stereocenters. The lowest BCUT2D eigenvalue weighted by molar-refractivity contribution is 0.0677. The summed E-state index contributed by atoms with van der Waals surface area (Å²) in [5, 5.41) is 22.4. The van der Waals surface area contributed by atoms with Crippen molar-refractivity contribution in [3.05, 3.63) is 107 Å². The predicted molar refractivity (Wildman–Crippen MR) is 121 cm³/mol. The van der Waals surface area contributed by atoms with Gasteiger partial charge in [0, 0.05) is 0 Å². The summed E-state index contributed by atoms with van der Waals surface area (Å²) in [4.78, 5) is 12.2. The quantitative estimate of drug-likeness (QED) is 0.466. The van der Waals surface area contributed by atoms with Crippen LogP contribution in [0.1, 0.15) is 28.7 Å². The average molecular weight is 420 g/mol. The monoisotopic (exact) mass is 419 g/mol. The summed E-state index contributed by atoms with van der Waals surface area (Å²) in [5.74, 6) is 0. The number of nitrogens with one attached hydrogen (secondary N) is 1. The molecule has 0 saturated carbocycles. The van der Waals surface area contributed by atoms with Gasteiger partial charge in [-0.2, -0.15) is 0 Å². The summed E-state index contributed by atoms with van der Waals surface area (Å²) in [7, 11) is 0. The molecule has 0 heterocycles. The van der Waals surface area contributed by atoms with E-state index in [1.165, 1.54) is 11.1 Å². The molecule has 0 aliphatic rings. The number of hydrogen-bond acceptors (Lipinski definition) is 4. The van der Waals surface area contributed by atoms with E-state index in [0.29, 0.717) is 12.8 Å². The van der Waals surface area contributed by atoms with Crippen molar-refractivity contribution in [3.63, 3.8) is 0 Å². The van der Waals surface area contributed by atoms with Gasteiger partial charge in [-0.05, 0) is 41.5 Å². The van der Waals surface area contributed by atoms with E-state index < -0.39 is 11.6 Å². The lowest BCUT2D eigenvalue weighted by atomic mass is 9.92. The molecule has 0 aromatic heterocycles. The van der Waals surface area contributed by atoms with Gasteiger partial charge in [0.05, 0.1) is 18.8 Å². The third-order valence-electron chi connectivity index (χ3n) is 5.35. The number of alkyl carbamates (subject to hydrolysis) is 1. The molecular formula is C26H29NO4. The number of aliphatic hydroxyl groups is 2. The van der Waals surface area contributed by atoms with E-state index in [1.54, 1.807) is 0 Å². The molecule has 0 spiro atoms. The Kier molecular flexibility index (Phi) is 8.21. The third-order valence-corrected chi connectivity index (χ3v) is 5.35. The van der Waals surface area contributed by atoms with E-state index in [4.69, 9.17) is 4.74 Å². The predicted octanol–water partition coefficient (Wildman–Crippen LogP) is 3.86. The van der Waals surface area contributed by atoms with Crippen molar-refractivity contribution >= 4 is 6.09 Å². The van der Waals surface area contributed by atoms with Crippen LogP contribution in [0.2, 0.25) is 0 Å². The zero-order valence-corrected chi connectivity index (χ0v) is 17.5. The van der Waals surface area contributed by atoms with Gasteiger partial charge in [-0.15, -0.1) is 0 Å². The summed E-state index contributed by atoms with van der Waals surface area (Å²) in [6.07, 6.45) is 1.20. The molecule has 5 nitrogen and oxygen atoms in total. The maximum atomic E-state index is 12.2. The van der Waals surface area contributed by atoms with Gasteiger partial charge in [-0.3, -0.25) is 0 Å².